The third kappa shape index (κ3) is 5.06. The number of thioether (sulfide) groups is 1. The maximum absolute atomic E-state index is 13.4. The third-order valence-electron chi connectivity index (χ3n) is 2.96. The molecular formula is C17H15F2NO3S. The first-order chi connectivity index (χ1) is 11.5. The van der Waals surface area contributed by atoms with Gasteiger partial charge in [-0.2, -0.15) is 0 Å². The molecule has 0 saturated carbocycles. The second kappa shape index (κ2) is 8.44. The van der Waals surface area contributed by atoms with Crippen LogP contribution >= 0.6 is 11.8 Å². The number of halogens is 2. The van der Waals surface area contributed by atoms with Gasteiger partial charge in [0, 0.05) is 4.90 Å². The third-order valence-corrected chi connectivity index (χ3v) is 4.05. The highest BCUT2D eigenvalue weighted by molar-refractivity contribution is 8.00. The van der Waals surface area contributed by atoms with Crippen molar-refractivity contribution < 1.29 is 23.1 Å². The molecule has 0 aliphatic rings. The SMILES string of the molecule is C[C@@H](Sc1ccccc1)C(=O)OCC(=O)Nc1c(F)cccc1F. The van der Waals surface area contributed by atoms with Crippen molar-refractivity contribution in [3.63, 3.8) is 0 Å². The molecule has 2 rings (SSSR count). The Kier molecular flexibility index (Phi) is 6.31. The Morgan fingerprint density at radius 1 is 1.08 bits per heavy atom. The number of carbonyl (C=O) groups excluding carboxylic acids is 2. The number of hydrogen-bond acceptors (Lipinski definition) is 4. The molecule has 1 amide bonds. The van der Waals surface area contributed by atoms with Gasteiger partial charge < -0.3 is 10.1 Å². The number of amides is 1. The Morgan fingerprint density at radius 3 is 2.33 bits per heavy atom. The van der Waals surface area contributed by atoms with E-state index in [4.69, 9.17) is 4.74 Å². The standard InChI is InChI=1S/C17H15F2NO3S/c1-11(24-12-6-3-2-4-7-12)17(22)23-10-15(21)20-16-13(18)8-5-9-14(16)19/h2-9,11H,10H2,1H3,(H,20,21)/t11-/m1/s1. The summed E-state index contributed by atoms with van der Waals surface area (Å²) in [5.74, 6) is -3.21. The van der Waals surface area contributed by atoms with Gasteiger partial charge in [-0.15, -0.1) is 11.8 Å². The van der Waals surface area contributed by atoms with E-state index in [1.54, 1.807) is 6.92 Å². The number of esters is 1. The van der Waals surface area contributed by atoms with E-state index in [0.29, 0.717) is 0 Å². The molecule has 2 aromatic carbocycles. The van der Waals surface area contributed by atoms with Crippen LogP contribution in [0.4, 0.5) is 14.5 Å². The first-order valence-electron chi connectivity index (χ1n) is 7.09. The zero-order valence-electron chi connectivity index (χ0n) is 12.8. The van der Waals surface area contributed by atoms with Gasteiger partial charge in [-0.25, -0.2) is 8.78 Å². The Labute approximate surface area is 142 Å². The van der Waals surface area contributed by atoms with Crippen LogP contribution in [-0.4, -0.2) is 23.7 Å². The molecule has 0 unspecified atom stereocenters. The molecule has 0 radical (unpaired) electrons. The quantitative estimate of drug-likeness (QED) is 0.638. The fraction of sp³-hybridized carbons (Fsp3) is 0.176. The molecule has 0 heterocycles. The molecule has 0 aliphatic carbocycles. The Balaban J connectivity index is 1.84. The van der Waals surface area contributed by atoms with Crippen molar-refractivity contribution in [3.05, 3.63) is 60.2 Å². The van der Waals surface area contributed by atoms with Gasteiger partial charge >= 0.3 is 5.97 Å². The molecule has 24 heavy (non-hydrogen) atoms. The first-order valence-corrected chi connectivity index (χ1v) is 7.97. The van der Waals surface area contributed by atoms with E-state index in [1.165, 1.54) is 17.8 Å². The van der Waals surface area contributed by atoms with Crippen LogP contribution in [-0.2, 0) is 14.3 Å². The molecule has 0 aromatic heterocycles. The Hall–Kier alpha value is -2.41. The normalized spacial score (nSPS) is 11.6. The maximum atomic E-state index is 13.4. The van der Waals surface area contributed by atoms with Crippen molar-refractivity contribution in [1.82, 2.24) is 0 Å². The van der Waals surface area contributed by atoms with Gasteiger partial charge in [0.2, 0.25) is 0 Å². The number of hydrogen-bond donors (Lipinski definition) is 1. The van der Waals surface area contributed by atoms with Gasteiger partial charge in [-0.05, 0) is 31.2 Å². The number of carbonyl (C=O) groups is 2. The molecule has 2 aromatic rings. The maximum Gasteiger partial charge on any atom is 0.319 e. The number of para-hydroxylation sites is 1. The minimum absolute atomic E-state index is 0.523. The fourth-order valence-corrected chi connectivity index (χ4v) is 2.68. The number of benzene rings is 2. The largest absolute Gasteiger partial charge is 0.455 e. The summed E-state index contributed by atoms with van der Waals surface area (Å²) in [5.41, 5.74) is -0.565. The van der Waals surface area contributed by atoms with Crippen LogP contribution in [0.5, 0.6) is 0 Å². The lowest BCUT2D eigenvalue weighted by atomic mass is 10.3. The van der Waals surface area contributed by atoms with Crippen molar-refractivity contribution in [2.45, 2.75) is 17.1 Å². The molecule has 1 atom stereocenters. The average molecular weight is 351 g/mol. The summed E-state index contributed by atoms with van der Waals surface area (Å²) < 4.78 is 31.7. The van der Waals surface area contributed by atoms with E-state index in [9.17, 15) is 18.4 Å². The van der Waals surface area contributed by atoms with Crippen molar-refractivity contribution in [3.8, 4) is 0 Å². The summed E-state index contributed by atoms with van der Waals surface area (Å²) in [7, 11) is 0. The summed E-state index contributed by atoms with van der Waals surface area (Å²) in [6.45, 7) is 1.03. The monoisotopic (exact) mass is 351 g/mol. The van der Waals surface area contributed by atoms with Gasteiger partial charge in [0.1, 0.15) is 22.6 Å². The molecule has 0 saturated heterocycles. The highest BCUT2D eigenvalue weighted by Crippen LogP contribution is 2.23. The smallest absolute Gasteiger partial charge is 0.319 e. The zero-order valence-corrected chi connectivity index (χ0v) is 13.6. The predicted molar refractivity (Wildman–Crippen MR) is 87.7 cm³/mol. The van der Waals surface area contributed by atoms with Crippen LogP contribution in [0, 0.1) is 11.6 Å². The lowest BCUT2D eigenvalue weighted by Gasteiger charge is -2.12. The van der Waals surface area contributed by atoms with E-state index >= 15 is 0 Å². The van der Waals surface area contributed by atoms with E-state index in [0.717, 1.165) is 17.0 Å². The summed E-state index contributed by atoms with van der Waals surface area (Å²) in [4.78, 5) is 24.4. The van der Waals surface area contributed by atoms with Crippen LogP contribution in [0.2, 0.25) is 0 Å². The average Bonchev–Trinajstić information content (AvgIpc) is 2.57. The van der Waals surface area contributed by atoms with Gasteiger partial charge in [0.05, 0.1) is 0 Å². The molecule has 7 heteroatoms. The Morgan fingerprint density at radius 2 is 1.71 bits per heavy atom. The number of nitrogens with one attached hydrogen (secondary N) is 1. The minimum atomic E-state index is -0.900. The summed E-state index contributed by atoms with van der Waals surface area (Å²) in [6, 6.07) is 12.5. The molecule has 4 nitrogen and oxygen atoms in total. The lowest BCUT2D eigenvalue weighted by molar-refractivity contribution is -0.146. The molecule has 0 spiro atoms. The van der Waals surface area contributed by atoms with Crippen LogP contribution < -0.4 is 5.32 Å². The van der Waals surface area contributed by atoms with Crippen LogP contribution in [0.3, 0.4) is 0 Å². The second-order valence-electron chi connectivity index (χ2n) is 4.83. The van der Waals surface area contributed by atoms with Gasteiger partial charge in [0.25, 0.3) is 5.91 Å². The number of ether oxygens (including phenoxy) is 1. The van der Waals surface area contributed by atoms with Gasteiger partial charge in [0.15, 0.2) is 6.61 Å². The van der Waals surface area contributed by atoms with E-state index in [2.05, 4.69) is 0 Å². The topological polar surface area (TPSA) is 55.4 Å². The predicted octanol–water partition coefficient (Wildman–Crippen LogP) is 3.63. The molecule has 0 bridgehead atoms. The van der Waals surface area contributed by atoms with E-state index < -0.39 is 41.1 Å². The lowest BCUT2D eigenvalue weighted by Crippen LogP contribution is -2.25. The van der Waals surface area contributed by atoms with E-state index in [1.807, 2.05) is 35.6 Å². The Bertz CT molecular complexity index is 705. The highest BCUT2D eigenvalue weighted by atomic mass is 32.2. The molecule has 0 fully saturated rings. The van der Waals surface area contributed by atoms with Crippen molar-refractivity contribution >= 4 is 29.3 Å². The number of rotatable bonds is 6. The summed E-state index contributed by atoms with van der Waals surface area (Å²) >= 11 is 1.29. The molecule has 1 N–H and O–H groups in total. The van der Waals surface area contributed by atoms with Crippen molar-refractivity contribution in [2.75, 3.05) is 11.9 Å². The van der Waals surface area contributed by atoms with Crippen molar-refractivity contribution in [1.29, 1.82) is 0 Å². The molecular weight excluding hydrogens is 336 g/mol. The van der Waals surface area contributed by atoms with Gasteiger partial charge in [-0.3, -0.25) is 9.59 Å². The van der Waals surface area contributed by atoms with Crippen molar-refractivity contribution in [2.24, 2.45) is 0 Å². The molecule has 126 valence electrons. The highest BCUT2D eigenvalue weighted by Gasteiger charge is 2.18. The molecule has 0 aliphatic heterocycles. The second-order valence-corrected chi connectivity index (χ2v) is 6.24. The zero-order chi connectivity index (χ0) is 17.5. The van der Waals surface area contributed by atoms with E-state index in [-0.39, 0.29) is 0 Å². The summed E-state index contributed by atoms with van der Waals surface area (Å²) in [5, 5.41) is 1.53. The fourth-order valence-electron chi connectivity index (χ4n) is 1.80. The first kappa shape index (κ1) is 17.9. The van der Waals surface area contributed by atoms with Crippen LogP contribution in [0.25, 0.3) is 0 Å². The van der Waals surface area contributed by atoms with Crippen LogP contribution in [0.15, 0.2) is 53.4 Å². The van der Waals surface area contributed by atoms with Gasteiger partial charge in [-0.1, -0.05) is 24.3 Å². The minimum Gasteiger partial charge on any atom is -0.455 e. The number of anilines is 1. The van der Waals surface area contributed by atoms with Crippen LogP contribution in [0.1, 0.15) is 6.92 Å². The summed E-state index contributed by atoms with van der Waals surface area (Å²) in [6.07, 6.45) is 0.